The molecule has 5 nitrogen and oxygen atoms in total. The van der Waals surface area contributed by atoms with E-state index in [9.17, 15) is 18.0 Å². The monoisotopic (exact) mass is 381 g/mol. The highest BCUT2D eigenvalue weighted by atomic mass is 19.4. The van der Waals surface area contributed by atoms with Crippen molar-refractivity contribution in [1.82, 2.24) is 14.8 Å². The number of rotatable bonds is 5. The predicted octanol–water partition coefficient (Wildman–Crippen LogP) is 4.15. The number of halogens is 3. The normalized spacial score (nSPS) is 15.7. The Morgan fingerprint density at radius 1 is 1.26 bits per heavy atom. The number of pyridine rings is 1. The van der Waals surface area contributed by atoms with Gasteiger partial charge in [0.1, 0.15) is 0 Å². The van der Waals surface area contributed by atoms with Gasteiger partial charge in [-0.2, -0.15) is 13.2 Å². The summed E-state index contributed by atoms with van der Waals surface area (Å²) in [5.41, 5.74) is -0.899. The SMILES string of the molecule is CCOc1cc(C2CCCCC2)c(=O)n(Cc2ncccc2C(F)(F)F)n1. The van der Waals surface area contributed by atoms with Crippen LogP contribution in [0.3, 0.4) is 0 Å². The van der Waals surface area contributed by atoms with Gasteiger partial charge in [-0.15, -0.1) is 5.10 Å². The van der Waals surface area contributed by atoms with Crippen LogP contribution in [0.4, 0.5) is 13.2 Å². The van der Waals surface area contributed by atoms with Crippen molar-refractivity contribution in [3.63, 3.8) is 0 Å². The second-order valence-electron chi connectivity index (χ2n) is 6.66. The molecule has 1 aliphatic carbocycles. The fraction of sp³-hybridized carbons (Fsp3) is 0.526. The summed E-state index contributed by atoms with van der Waals surface area (Å²) in [6.07, 6.45) is 1.73. The zero-order valence-electron chi connectivity index (χ0n) is 15.1. The van der Waals surface area contributed by atoms with Crippen LogP contribution in [0.2, 0.25) is 0 Å². The van der Waals surface area contributed by atoms with Crippen LogP contribution in [0.5, 0.6) is 5.88 Å². The molecule has 0 saturated heterocycles. The van der Waals surface area contributed by atoms with Crippen molar-refractivity contribution in [1.29, 1.82) is 0 Å². The Morgan fingerprint density at radius 3 is 2.67 bits per heavy atom. The van der Waals surface area contributed by atoms with Crippen molar-refractivity contribution in [2.45, 2.75) is 57.7 Å². The second kappa shape index (κ2) is 8.10. The van der Waals surface area contributed by atoms with E-state index in [2.05, 4.69) is 10.1 Å². The quantitative estimate of drug-likeness (QED) is 0.781. The van der Waals surface area contributed by atoms with Gasteiger partial charge in [0, 0.05) is 17.8 Å². The molecule has 0 aliphatic heterocycles. The van der Waals surface area contributed by atoms with Crippen molar-refractivity contribution in [2.24, 2.45) is 0 Å². The Labute approximate surface area is 155 Å². The average Bonchev–Trinajstić information content (AvgIpc) is 2.65. The molecule has 0 unspecified atom stereocenters. The summed E-state index contributed by atoms with van der Waals surface area (Å²) in [6, 6.07) is 3.83. The maximum absolute atomic E-state index is 13.2. The highest BCUT2D eigenvalue weighted by Crippen LogP contribution is 2.33. The first-order valence-corrected chi connectivity index (χ1v) is 9.16. The minimum atomic E-state index is -4.54. The molecule has 1 saturated carbocycles. The summed E-state index contributed by atoms with van der Waals surface area (Å²) < 4.78 is 46.3. The molecule has 0 aromatic carbocycles. The number of nitrogens with zero attached hydrogens (tertiary/aromatic N) is 3. The van der Waals surface area contributed by atoms with Gasteiger partial charge in [0.2, 0.25) is 5.88 Å². The third-order valence-electron chi connectivity index (χ3n) is 4.81. The molecule has 0 spiro atoms. The molecule has 2 heterocycles. The van der Waals surface area contributed by atoms with E-state index in [1.807, 2.05) is 0 Å². The molecule has 2 aromatic heterocycles. The molecule has 0 amide bonds. The Morgan fingerprint density at radius 2 is 2.00 bits per heavy atom. The maximum atomic E-state index is 13.2. The molecule has 1 fully saturated rings. The highest BCUT2D eigenvalue weighted by molar-refractivity contribution is 5.25. The highest BCUT2D eigenvalue weighted by Gasteiger charge is 2.34. The van der Waals surface area contributed by atoms with Crippen LogP contribution in [0, 0.1) is 0 Å². The van der Waals surface area contributed by atoms with Crippen LogP contribution >= 0.6 is 0 Å². The van der Waals surface area contributed by atoms with Gasteiger partial charge in [0.25, 0.3) is 5.56 Å². The Kier molecular flexibility index (Phi) is 5.82. The third-order valence-corrected chi connectivity index (χ3v) is 4.81. The van der Waals surface area contributed by atoms with E-state index in [1.165, 1.54) is 12.3 Å². The van der Waals surface area contributed by atoms with Gasteiger partial charge in [0.15, 0.2) is 0 Å². The zero-order chi connectivity index (χ0) is 19.4. The van der Waals surface area contributed by atoms with Crippen molar-refractivity contribution in [2.75, 3.05) is 6.61 Å². The third kappa shape index (κ3) is 4.48. The van der Waals surface area contributed by atoms with E-state index in [1.54, 1.807) is 13.0 Å². The summed E-state index contributed by atoms with van der Waals surface area (Å²) in [7, 11) is 0. The fourth-order valence-electron chi connectivity index (χ4n) is 3.53. The molecule has 0 radical (unpaired) electrons. The number of ether oxygens (including phenoxy) is 1. The summed E-state index contributed by atoms with van der Waals surface area (Å²) in [6.45, 7) is 1.79. The smallest absolute Gasteiger partial charge is 0.418 e. The van der Waals surface area contributed by atoms with E-state index in [-0.39, 0.29) is 29.6 Å². The van der Waals surface area contributed by atoms with Crippen LogP contribution in [-0.2, 0) is 12.7 Å². The van der Waals surface area contributed by atoms with Crippen LogP contribution in [0.25, 0.3) is 0 Å². The number of aromatic nitrogens is 3. The van der Waals surface area contributed by atoms with Gasteiger partial charge in [-0.1, -0.05) is 19.3 Å². The molecular formula is C19H22F3N3O2. The molecule has 2 aromatic rings. The lowest BCUT2D eigenvalue weighted by molar-refractivity contribution is -0.138. The molecule has 146 valence electrons. The molecule has 0 atom stereocenters. The molecular weight excluding hydrogens is 359 g/mol. The van der Waals surface area contributed by atoms with E-state index < -0.39 is 11.7 Å². The van der Waals surface area contributed by atoms with Crippen LogP contribution in [-0.4, -0.2) is 21.4 Å². The van der Waals surface area contributed by atoms with Crippen LogP contribution in [0.15, 0.2) is 29.2 Å². The molecule has 27 heavy (non-hydrogen) atoms. The predicted molar refractivity (Wildman–Crippen MR) is 93.8 cm³/mol. The van der Waals surface area contributed by atoms with E-state index >= 15 is 0 Å². The Hall–Kier alpha value is -2.38. The van der Waals surface area contributed by atoms with Gasteiger partial charge >= 0.3 is 6.18 Å². The minimum absolute atomic E-state index is 0.0884. The lowest BCUT2D eigenvalue weighted by Gasteiger charge is -2.22. The number of hydrogen-bond acceptors (Lipinski definition) is 4. The lowest BCUT2D eigenvalue weighted by atomic mass is 9.85. The first kappa shape index (κ1) is 19.4. The lowest BCUT2D eigenvalue weighted by Crippen LogP contribution is -2.30. The molecule has 1 aliphatic rings. The largest absolute Gasteiger partial charge is 0.477 e. The van der Waals surface area contributed by atoms with Crippen LogP contribution in [0.1, 0.15) is 61.8 Å². The van der Waals surface area contributed by atoms with Gasteiger partial charge in [-0.3, -0.25) is 9.78 Å². The van der Waals surface area contributed by atoms with Crippen LogP contribution < -0.4 is 10.3 Å². The summed E-state index contributed by atoms with van der Waals surface area (Å²) in [4.78, 5) is 16.8. The van der Waals surface area contributed by atoms with Crippen molar-refractivity contribution < 1.29 is 17.9 Å². The Balaban J connectivity index is 2.02. The summed E-state index contributed by atoms with van der Waals surface area (Å²) >= 11 is 0. The summed E-state index contributed by atoms with van der Waals surface area (Å²) in [5.74, 6) is 0.340. The molecule has 0 N–H and O–H groups in total. The fourth-order valence-corrected chi connectivity index (χ4v) is 3.53. The second-order valence-corrected chi connectivity index (χ2v) is 6.66. The summed E-state index contributed by atoms with van der Waals surface area (Å²) in [5, 5.41) is 4.11. The average molecular weight is 381 g/mol. The maximum Gasteiger partial charge on any atom is 0.418 e. The van der Waals surface area contributed by atoms with Crippen molar-refractivity contribution >= 4 is 0 Å². The minimum Gasteiger partial charge on any atom is -0.477 e. The number of hydrogen-bond donors (Lipinski definition) is 0. The standard InChI is InChI=1S/C19H22F3N3O2/c1-2-27-17-11-14(13-7-4-3-5-8-13)18(26)25(24-17)12-16-15(19(20,21)22)9-6-10-23-16/h6,9-11,13H,2-5,7-8,12H2,1H3. The van der Waals surface area contributed by atoms with E-state index in [4.69, 9.17) is 4.74 Å². The molecule has 8 heteroatoms. The van der Waals surface area contributed by atoms with Gasteiger partial charge in [-0.05, 0) is 37.8 Å². The van der Waals surface area contributed by atoms with Gasteiger partial charge < -0.3 is 4.74 Å². The molecule has 0 bridgehead atoms. The molecule has 3 rings (SSSR count). The van der Waals surface area contributed by atoms with Crippen molar-refractivity contribution in [3.05, 3.63) is 51.6 Å². The van der Waals surface area contributed by atoms with E-state index in [0.717, 1.165) is 42.9 Å². The topological polar surface area (TPSA) is 57.0 Å². The first-order valence-electron chi connectivity index (χ1n) is 9.16. The van der Waals surface area contributed by atoms with E-state index in [0.29, 0.717) is 12.2 Å². The Bertz CT molecular complexity index is 843. The zero-order valence-corrected chi connectivity index (χ0v) is 15.1. The van der Waals surface area contributed by atoms with Gasteiger partial charge in [0.05, 0.1) is 24.4 Å². The first-order chi connectivity index (χ1) is 12.9. The number of alkyl halides is 3. The van der Waals surface area contributed by atoms with Gasteiger partial charge in [-0.25, -0.2) is 4.68 Å². The van der Waals surface area contributed by atoms with Crippen molar-refractivity contribution in [3.8, 4) is 5.88 Å².